The molecular weight excluding hydrogens is 222 g/mol. The maximum atomic E-state index is 9.42. The van der Waals surface area contributed by atoms with Gasteiger partial charge in [0.25, 0.3) is 0 Å². The van der Waals surface area contributed by atoms with Gasteiger partial charge in [0.2, 0.25) is 0 Å². The van der Waals surface area contributed by atoms with Gasteiger partial charge in [-0.3, -0.25) is 0 Å². The van der Waals surface area contributed by atoms with E-state index < -0.39 is 6.10 Å². The predicted molar refractivity (Wildman–Crippen MR) is 65.9 cm³/mol. The fourth-order valence-electron chi connectivity index (χ4n) is 1.57. The van der Waals surface area contributed by atoms with Crippen molar-refractivity contribution in [3.05, 3.63) is 18.2 Å². The van der Waals surface area contributed by atoms with Crippen LogP contribution in [0, 0.1) is 0 Å². The molecule has 0 aliphatic carbocycles. The van der Waals surface area contributed by atoms with E-state index in [-0.39, 0.29) is 6.61 Å². The number of aliphatic hydroxyl groups excluding tert-OH is 2. The van der Waals surface area contributed by atoms with Crippen LogP contribution in [-0.2, 0) is 0 Å². The molecule has 0 aliphatic rings. The summed E-state index contributed by atoms with van der Waals surface area (Å²) < 4.78 is 10.4. The van der Waals surface area contributed by atoms with Gasteiger partial charge in [0.1, 0.15) is 11.5 Å². The number of methoxy groups -OCH3 is 2. The van der Waals surface area contributed by atoms with Crippen LogP contribution in [0.25, 0.3) is 0 Å². The smallest absolute Gasteiger partial charge is 0.142 e. The third-order valence-electron chi connectivity index (χ3n) is 2.49. The van der Waals surface area contributed by atoms with Crippen molar-refractivity contribution in [3.63, 3.8) is 0 Å². The van der Waals surface area contributed by atoms with Gasteiger partial charge in [-0.05, 0) is 12.1 Å². The number of benzene rings is 1. The molecule has 0 spiro atoms. The number of ether oxygens (including phenoxy) is 2. The van der Waals surface area contributed by atoms with Crippen LogP contribution >= 0.6 is 0 Å². The van der Waals surface area contributed by atoms with Gasteiger partial charge in [-0.15, -0.1) is 0 Å². The van der Waals surface area contributed by atoms with Gasteiger partial charge >= 0.3 is 0 Å². The van der Waals surface area contributed by atoms with Crippen molar-refractivity contribution in [2.75, 3.05) is 39.3 Å². The van der Waals surface area contributed by atoms with Crippen molar-refractivity contribution in [3.8, 4) is 11.5 Å². The molecule has 2 N–H and O–H groups in total. The highest BCUT2D eigenvalue weighted by Gasteiger charge is 2.13. The summed E-state index contributed by atoms with van der Waals surface area (Å²) in [6, 6.07) is 5.43. The first-order chi connectivity index (χ1) is 8.12. The lowest BCUT2D eigenvalue weighted by Gasteiger charge is -2.24. The van der Waals surface area contributed by atoms with E-state index in [1.807, 2.05) is 18.0 Å². The molecule has 0 fully saturated rings. The Kier molecular flexibility index (Phi) is 5.06. The summed E-state index contributed by atoms with van der Waals surface area (Å²) in [6.45, 7) is 0.0522. The summed E-state index contributed by atoms with van der Waals surface area (Å²) in [4.78, 5) is 1.81. The predicted octanol–water partition coefficient (Wildman–Crippen LogP) is 0.493. The number of hydrogen-bond acceptors (Lipinski definition) is 5. The molecule has 1 unspecified atom stereocenters. The summed E-state index contributed by atoms with van der Waals surface area (Å²) in [5.74, 6) is 1.41. The first-order valence-corrected chi connectivity index (χ1v) is 5.34. The van der Waals surface area contributed by atoms with Crippen molar-refractivity contribution in [1.29, 1.82) is 0 Å². The Morgan fingerprint density at radius 1 is 1.29 bits per heavy atom. The molecule has 5 heteroatoms. The molecule has 96 valence electrons. The highest BCUT2D eigenvalue weighted by atomic mass is 16.5. The van der Waals surface area contributed by atoms with Gasteiger partial charge < -0.3 is 24.6 Å². The van der Waals surface area contributed by atoms with Crippen molar-refractivity contribution in [1.82, 2.24) is 0 Å². The molecular formula is C12H19NO4. The quantitative estimate of drug-likeness (QED) is 0.759. The lowest BCUT2D eigenvalue weighted by atomic mass is 10.2. The summed E-state index contributed by atoms with van der Waals surface area (Å²) in [6.07, 6.45) is -0.782. The monoisotopic (exact) mass is 241 g/mol. The first-order valence-electron chi connectivity index (χ1n) is 5.34. The molecule has 0 aromatic heterocycles. The van der Waals surface area contributed by atoms with Gasteiger partial charge in [-0.1, -0.05) is 0 Å². The Morgan fingerprint density at radius 2 is 2.00 bits per heavy atom. The van der Waals surface area contributed by atoms with Crippen molar-refractivity contribution in [2.24, 2.45) is 0 Å². The van der Waals surface area contributed by atoms with Crippen LogP contribution in [0.2, 0.25) is 0 Å². The minimum Gasteiger partial charge on any atom is -0.497 e. The number of anilines is 1. The minimum absolute atomic E-state index is 0.267. The minimum atomic E-state index is -0.782. The zero-order valence-electron chi connectivity index (χ0n) is 10.4. The molecule has 1 rings (SSSR count). The fourth-order valence-corrected chi connectivity index (χ4v) is 1.57. The maximum absolute atomic E-state index is 9.42. The zero-order valence-corrected chi connectivity index (χ0v) is 10.4. The van der Waals surface area contributed by atoms with Crippen molar-refractivity contribution < 1.29 is 19.7 Å². The lowest BCUT2D eigenvalue weighted by Crippen LogP contribution is -2.31. The average Bonchev–Trinajstić information content (AvgIpc) is 2.37. The number of hydrogen-bond donors (Lipinski definition) is 2. The average molecular weight is 241 g/mol. The third-order valence-corrected chi connectivity index (χ3v) is 2.49. The van der Waals surface area contributed by atoms with E-state index in [2.05, 4.69) is 0 Å². The van der Waals surface area contributed by atoms with Gasteiger partial charge in [0.15, 0.2) is 0 Å². The van der Waals surface area contributed by atoms with Gasteiger partial charge in [-0.2, -0.15) is 0 Å². The molecule has 1 aromatic carbocycles. The summed E-state index contributed by atoms with van der Waals surface area (Å²) in [7, 11) is 4.99. The number of likely N-dealkylation sites (N-methyl/N-ethyl adjacent to an activating group) is 1. The molecule has 1 aromatic rings. The van der Waals surface area contributed by atoms with Crippen molar-refractivity contribution in [2.45, 2.75) is 6.10 Å². The van der Waals surface area contributed by atoms with E-state index in [4.69, 9.17) is 14.6 Å². The molecule has 0 bridgehead atoms. The molecule has 0 radical (unpaired) electrons. The number of aliphatic hydroxyl groups is 2. The second-order valence-electron chi connectivity index (χ2n) is 3.75. The Labute approximate surface area is 101 Å². The maximum Gasteiger partial charge on any atom is 0.142 e. The topological polar surface area (TPSA) is 62.2 Å². The molecule has 5 nitrogen and oxygen atoms in total. The Balaban J connectivity index is 2.92. The Hall–Kier alpha value is -1.46. The molecule has 0 saturated carbocycles. The van der Waals surface area contributed by atoms with Crippen LogP contribution < -0.4 is 14.4 Å². The fraction of sp³-hybridized carbons (Fsp3) is 0.500. The van der Waals surface area contributed by atoms with Crippen LogP contribution in [0.1, 0.15) is 0 Å². The number of rotatable bonds is 6. The second-order valence-corrected chi connectivity index (χ2v) is 3.75. The summed E-state index contributed by atoms with van der Waals surface area (Å²) in [5, 5.41) is 18.2. The van der Waals surface area contributed by atoms with Crippen LogP contribution in [0.4, 0.5) is 5.69 Å². The van der Waals surface area contributed by atoms with Gasteiger partial charge in [0, 0.05) is 19.7 Å². The third kappa shape index (κ3) is 3.51. The standard InChI is InChI=1S/C12H19NO4/c1-13(7-9(15)8-14)11-6-10(16-2)4-5-12(11)17-3/h4-6,9,14-15H,7-8H2,1-3H3. The van der Waals surface area contributed by atoms with E-state index in [0.29, 0.717) is 18.0 Å². The van der Waals surface area contributed by atoms with E-state index in [1.54, 1.807) is 26.4 Å². The summed E-state index contributed by atoms with van der Waals surface area (Å²) in [5.41, 5.74) is 0.805. The van der Waals surface area contributed by atoms with Gasteiger partial charge in [-0.25, -0.2) is 0 Å². The zero-order chi connectivity index (χ0) is 12.8. The van der Waals surface area contributed by atoms with E-state index in [9.17, 15) is 5.11 Å². The lowest BCUT2D eigenvalue weighted by molar-refractivity contribution is 0.101. The Bertz CT molecular complexity index is 356. The molecule has 0 saturated heterocycles. The van der Waals surface area contributed by atoms with Crippen LogP contribution in [0.5, 0.6) is 11.5 Å². The first kappa shape index (κ1) is 13.6. The molecule has 0 amide bonds. The van der Waals surface area contributed by atoms with Crippen LogP contribution in [0.3, 0.4) is 0 Å². The van der Waals surface area contributed by atoms with E-state index in [1.165, 1.54) is 0 Å². The van der Waals surface area contributed by atoms with E-state index in [0.717, 1.165) is 5.69 Å². The second kappa shape index (κ2) is 6.32. The van der Waals surface area contributed by atoms with E-state index >= 15 is 0 Å². The van der Waals surface area contributed by atoms with Crippen LogP contribution in [0.15, 0.2) is 18.2 Å². The molecule has 17 heavy (non-hydrogen) atoms. The SMILES string of the molecule is COc1ccc(OC)c(N(C)CC(O)CO)c1. The molecule has 1 atom stereocenters. The number of nitrogens with zero attached hydrogens (tertiary/aromatic N) is 1. The van der Waals surface area contributed by atoms with Crippen molar-refractivity contribution >= 4 is 5.69 Å². The van der Waals surface area contributed by atoms with Crippen LogP contribution in [-0.4, -0.2) is 50.7 Å². The summed E-state index contributed by atoms with van der Waals surface area (Å²) >= 11 is 0. The van der Waals surface area contributed by atoms with Gasteiger partial charge in [0.05, 0.1) is 32.6 Å². The normalized spacial score (nSPS) is 12.1. The highest BCUT2D eigenvalue weighted by Crippen LogP contribution is 2.31. The largest absolute Gasteiger partial charge is 0.497 e. The molecule has 0 aliphatic heterocycles. The Morgan fingerprint density at radius 3 is 2.53 bits per heavy atom. The molecule has 0 heterocycles. The highest BCUT2D eigenvalue weighted by molar-refractivity contribution is 5.61.